The van der Waals surface area contributed by atoms with Gasteiger partial charge in [-0.1, -0.05) is 54.6 Å². The number of halogens is 1. The van der Waals surface area contributed by atoms with Gasteiger partial charge in [0.05, 0.1) is 22.5 Å². The number of hydrogen-bond donors (Lipinski definition) is 7. The lowest BCUT2D eigenvalue weighted by Crippen LogP contribution is -2.40. The van der Waals surface area contributed by atoms with Crippen molar-refractivity contribution in [1.82, 2.24) is 30.8 Å². The average Bonchev–Trinajstić information content (AvgIpc) is 3.25. The minimum Gasteiger partial charge on any atom is -0.507 e. The third-order valence-corrected chi connectivity index (χ3v) is 10.5. The summed E-state index contributed by atoms with van der Waals surface area (Å²) >= 11 is 0. The first-order chi connectivity index (χ1) is 28.1. The Bertz CT molecular complexity index is 2250. The lowest BCUT2D eigenvalue weighted by atomic mass is 9.86. The number of aromatic hydroxyl groups is 2. The molecule has 15 heteroatoms. The van der Waals surface area contributed by atoms with Crippen LogP contribution in [0.4, 0.5) is 16.4 Å². The zero-order chi connectivity index (χ0) is 41.2. The molecule has 2 saturated heterocycles. The third-order valence-electron chi connectivity index (χ3n) is 10.5. The third kappa shape index (κ3) is 10.4. The second-order valence-electron chi connectivity index (χ2n) is 14.3. The molecule has 2 fully saturated rings. The molecular formula is C44H51ClN8O6. The number of rotatable bonds is 8. The number of nitrogens with two attached hydrogens (primary N) is 2. The van der Waals surface area contributed by atoms with E-state index >= 15 is 0 Å². The number of phenols is 2. The zero-order valence-corrected chi connectivity index (χ0v) is 33.9. The number of piperidine rings is 2. The average molecular weight is 823 g/mol. The van der Waals surface area contributed by atoms with Crippen LogP contribution in [0, 0.1) is 0 Å². The van der Waals surface area contributed by atoms with Crippen molar-refractivity contribution in [2.24, 2.45) is 0 Å². The van der Waals surface area contributed by atoms with E-state index in [1.807, 2.05) is 42.5 Å². The van der Waals surface area contributed by atoms with Crippen molar-refractivity contribution in [3.8, 4) is 34.0 Å². The van der Waals surface area contributed by atoms with Crippen LogP contribution in [-0.4, -0.2) is 83.3 Å². The fourth-order valence-corrected chi connectivity index (χ4v) is 7.54. The second-order valence-corrected chi connectivity index (χ2v) is 14.3. The summed E-state index contributed by atoms with van der Waals surface area (Å²) in [5.74, 6) is -0.0274. The number of nitrogens with one attached hydrogen (secondary N) is 3. The SMILES string of the molecule is CNC(=O)c1c(C2CCCN(C(=O)OCc3ccccc3)C2)cc(-c2ccccc2O)nc1N.CNC(=O)c1c(C2CCCNC2)cc(-c2ccccc2O)nc1N.Cl. The van der Waals surface area contributed by atoms with Crippen LogP contribution in [0.15, 0.2) is 91.0 Å². The van der Waals surface area contributed by atoms with E-state index in [2.05, 4.69) is 25.9 Å². The highest BCUT2D eigenvalue weighted by Gasteiger charge is 2.31. The van der Waals surface area contributed by atoms with Crippen molar-refractivity contribution in [1.29, 1.82) is 0 Å². The van der Waals surface area contributed by atoms with E-state index in [0.717, 1.165) is 49.9 Å². The molecule has 0 saturated carbocycles. The van der Waals surface area contributed by atoms with Gasteiger partial charge < -0.3 is 47.3 Å². The molecule has 2 atom stereocenters. The van der Waals surface area contributed by atoms with Crippen molar-refractivity contribution in [3.63, 3.8) is 0 Å². The molecule has 0 spiro atoms. The first-order valence-electron chi connectivity index (χ1n) is 19.4. The van der Waals surface area contributed by atoms with Crippen molar-refractivity contribution in [2.75, 3.05) is 51.7 Å². The maximum absolute atomic E-state index is 12.8. The maximum Gasteiger partial charge on any atom is 0.410 e. The predicted octanol–water partition coefficient (Wildman–Crippen LogP) is 6.20. The van der Waals surface area contributed by atoms with E-state index in [1.165, 1.54) is 7.05 Å². The first kappa shape index (κ1) is 43.7. The number of phenolic OH excluding ortho intramolecular Hbond substituents is 2. The van der Waals surface area contributed by atoms with Gasteiger partial charge in [0.25, 0.3) is 11.8 Å². The van der Waals surface area contributed by atoms with Gasteiger partial charge in [-0.2, -0.15) is 0 Å². The number of nitrogens with zero attached hydrogens (tertiary/aromatic N) is 3. The number of hydrogen-bond acceptors (Lipinski definition) is 11. The Morgan fingerprint density at radius 1 is 0.763 bits per heavy atom. The number of ether oxygens (including phenoxy) is 1. The van der Waals surface area contributed by atoms with E-state index < -0.39 is 6.09 Å². The summed E-state index contributed by atoms with van der Waals surface area (Å²) in [4.78, 5) is 48.2. The standard InChI is InChI=1S/C26H28N4O4.C18H22N4O2.ClH/c1-28-25(32)23-20(14-21(29-24(23)27)19-11-5-6-12-22(19)31)18-10-7-13-30(15-18)26(33)34-16-17-8-3-2-4-9-17;1-20-18(24)16-13(11-5-4-8-21-10-11)9-14(22-17(16)19)12-6-2-3-7-15(12)23;/h2-6,8-9,11-12,14,18,31H,7,10,13,15-16H2,1H3,(H2,27,29)(H,28,32);2-3,6-7,9,11,21,23H,4-5,8,10H2,1H3,(H2,19,22)(H,20,24);1H. The molecule has 2 aliphatic heterocycles. The first-order valence-corrected chi connectivity index (χ1v) is 19.4. The molecule has 2 unspecified atom stereocenters. The normalized spacial score (nSPS) is 16.1. The molecule has 59 heavy (non-hydrogen) atoms. The van der Waals surface area contributed by atoms with Gasteiger partial charge in [-0.3, -0.25) is 9.59 Å². The van der Waals surface area contributed by atoms with Crippen LogP contribution in [-0.2, 0) is 11.3 Å². The van der Waals surface area contributed by atoms with Crippen LogP contribution in [0.25, 0.3) is 22.5 Å². The Balaban J connectivity index is 0.000000233. The van der Waals surface area contributed by atoms with Crippen molar-refractivity contribution in [2.45, 2.75) is 44.1 Å². The van der Waals surface area contributed by atoms with Gasteiger partial charge in [0.1, 0.15) is 29.7 Å². The molecule has 3 amide bonds. The van der Waals surface area contributed by atoms with Crippen LogP contribution < -0.4 is 27.4 Å². The maximum atomic E-state index is 12.8. The minimum absolute atomic E-state index is 0. The summed E-state index contributed by atoms with van der Waals surface area (Å²) in [5.41, 5.74) is 17.8. The number of carbonyl (C=O) groups excluding carboxylic acids is 3. The quantitative estimate of drug-likeness (QED) is 0.0935. The van der Waals surface area contributed by atoms with E-state index in [4.69, 9.17) is 16.2 Å². The van der Waals surface area contributed by atoms with Crippen molar-refractivity contribution >= 4 is 42.0 Å². The predicted molar refractivity (Wildman–Crippen MR) is 231 cm³/mol. The lowest BCUT2D eigenvalue weighted by molar-refractivity contribution is 0.0856. The van der Waals surface area contributed by atoms with Crippen LogP contribution in [0.1, 0.15) is 74.9 Å². The van der Waals surface area contributed by atoms with Gasteiger partial charge in [-0.25, -0.2) is 14.8 Å². The highest BCUT2D eigenvalue weighted by atomic mass is 35.5. The summed E-state index contributed by atoms with van der Waals surface area (Å²) in [6.45, 7) is 2.95. The monoisotopic (exact) mass is 822 g/mol. The fraction of sp³-hybridized carbons (Fsp3) is 0.295. The number of nitrogen functional groups attached to an aromatic ring is 2. The van der Waals surface area contributed by atoms with Gasteiger partial charge in [-0.15, -0.1) is 12.4 Å². The molecular weight excluding hydrogens is 772 g/mol. The number of amides is 3. The molecule has 2 aliphatic rings. The molecule has 0 bridgehead atoms. The Morgan fingerprint density at radius 3 is 1.78 bits per heavy atom. The number of anilines is 2. The van der Waals surface area contributed by atoms with E-state index in [9.17, 15) is 24.6 Å². The number of para-hydroxylation sites is 2. The van der Waals surface area contributed by atoms with Crippen LogP contribution in [0.2, 0.25) is 0 Å². The minimum atomic E-state index is -0.391. The number of likely N-dealkylation sites (tertiary alicyclic amines) is 1. The highest BCUT2D eigenvalue weighted by molar-refractivity contribution is 6.01. The Morgan fingerprint density at radius 2 is 1.27 bits per heavy atom. The number of benzene rings is 3. The molecule has 0 radical (unpaired) electrons. The molecule has 310 valence electrons. The van der Waals surface area contributed by atoms with Gasteiger partial charge in [0, 0.05) is 50.8 Å². The molecule has 5 aromatic rings. The van der Waals surface area contributed by atoms with Crippen molar-refractivity contribution < 1.29 is 29.3 Å². The summed E-state index contributed by atoms with van der Waals surface area (Å²) in [7, 11) is 3.12. The lowest BCUT2D eigenvalue weighted by Gasteiger charge is -2.33. The molecule has 3 aromatic carbocycles. The Hall–Kier alpha value is -6.38. The molecule has 7 rings (SSSR count). The van der Waals surface area contributed by atoms with E-state index in [0.29, 0.717) is 52.3 Å². The number of pyridine rings is 2. The fourth-order valence-electron chi connectivity index (χ4n) is 7.54. The number of aromatic nitrogens is 2. The number of carbonyl (C=O) groups is 3. The molecule has 9 N–H and O–H groups in total. The second kappa shape index (κ2) is 20.4. The van der Waals surface area contributed by atoms with Gasteiger partial charge >= 0.3 is 6.09 Å². The van der Waals surface area contributed by atoms with E-state index in [-0.39, 0.29) is 65.8 Å². The molecule has 14 nitrogen and oxygen atoms in total. The van der Waals surface area contributed by atoms with E-state index in [1.54, 1.807) is 60.5 Å². The van der Waals surface area contributed by atoms with Gasteiger partial charge in [-0.05, 0) is 91.2 Å². The summed E-state index contributed by atoms with van der Waals surface area (Å²) in [5, 5.41) is 29.1. The van der Waals surface area contributed by atoms with Crippen LogP contribution in [0.5, 0.6) is 11.5 Å². The summed E-state index contributed by atoms with van der Waals surface area (Å²) in [6.07, 6.45) is 3.17. The largest absolute Gasteiger partial charge is 0.507 e. The summed E-state index contributed by atoms with van der Waals surface area (Å²) < 4.78 is 5.52. The van der Waals surface area contributed by atoms with Gasteiger partial charge in [0.2, 0.25) is 0 Å². The van der Waals surface area contributed by atoms with Crippen LogP contribution >= 0.6 is 12.4 Å². The Labute approximate surface area is 349 Å². The topological polar surface area (TPSA) is 218 Å². The van der Waals surface area contributed by atoms with Gasteiger partial charge in [0.15, 0.2) is 0 Å². The summed E-state index contributed by atoms with van der Waals surface area (Å²) in [6, 6.07) is 27.0. The van der Waals surface area contributed by atoms with Crippen molar-refractivity contribution in [3.05, 3.63) is 119 Å². The highest BCUT2D eigenvalue weighted by Crippen LogP contribution is 2.37. The van der Waals surface area contributed by atoms with Crippen LogP contribution in [0.3, 0.4) is 0 Å². The smallest absolute Gasteiger partial charge is 0.410 e. The zero-order valence-electron chi connectivity index (χ0n) is 33.1. The molecule has 0 aliphatic carbocycles. The molecule has 4 heterocycles. The molecule has 2 aromatic heterocycles. The Kier molecular flexibility index (Phi) is 15.1.